The Morgan fingerprint density at radius 1 is 1.48 bits per heavy atom. The van der Waals surface area contributed by atoms with E-state index < -0.39 is 30.5 Å². The number of hydrogen-bond donors (Lipinski definition) is 1. The predicted octanol–water partition coefficient (Wildman–Crippen LogP) is 3.06. The summed E-state index contributed by atoms with van der Waals surface area (Å²) in [6.07, 6.45) is -5.35. The molecule has 0 amide bonds. The lowest BCUT2D eigenvalue weighted by Gasteiger charge is -2.27. The number of benzene rings is 1. The number of hydrogen-bond acceptors (Lipinski definition) is 3. The number of carboxylic acid groups (broad SMARTS) is 1. The number of nitrogens with zero attached hydrogens (tertiary/aromatic N) is 2. The third kappa shape index (κ3) is 2.51. The van der Waals surface area contributed by atoms with Crippen molar-refractivity contribution < 1.29 is 23.1 Å². The van der Waals surface area contributed by atoms with Crippen LogP contribution < -0.4 is 4.90 Å². The quantitative estimate of drug-likeness (QED) is 0.910. The van der Waals surface area contributed by atoms with E-state index in [1.54, 1.807) is 0 Å². The fraction of sp³-hybridized carbons (Fsp3) is 0.385. The van der Waals surface area contributed by atoms with Gasteiger partial charge in [-0.2, -0.15) is 18.4 Å². The zero-order valence-corrected chi connectivity index (χ0v) is 11.4. The molecule has 112 valence electrons. The van der Waals surface area contributed by atoms with Gasteiger partial charge in [-0.3, -0.25) is 4.79 Å². The molecule has 21 heavy (non-hydrogen) atoms. The molecule has 1 aromatic carbocycles. The molecule has 4 nitrogen and oxygen atoms in total. The predicted molar refractivity (Wildman–Crippen MR) is 69.1 cm³/mol. The number of carbonyl (C=O) groups is 1. The molecule has 0 spiro atoms. The molecule has 0 aliphatic carbocycles. The SMILES string of the molecule is N#Cc1ccc(N2CCC(C(=O)O)(C(F)(F)F)C2)cc1Cl. The molecule has 1 N–H and O–H groups in total. The van der Waals surface area contributed by atoms with Crippen LogP contribution in [0.15, 0.2) is 18.2 Å². The summed E-state index contributed by atoms with van der Waals surface area (Å²) in [6, 6.07) is 6.07. The number of anilines is 1. The first-order valence-electron chi connectivity index (χ1n) is 5.96. The molecule has 0 aromatic heterocycles. The zero-order chi connectivity index (χ0) is 15.8. The summed E-state index contributed by atoms with van der Waals surface area (Å²) in [6.45, 7) is -0.720. The second kappa shape index (κ2) is 5.11. The Morgan fingerprint density at radius 3 is 2.57 bits per heavy atom. The normalized spacial score (nSPS) is 22.1. The minimum absolute atomic E-state index is 0.0476. The van der Waals surface area contributed by atoms with Crippen LogP contribution in [0.2, 0.25) is 5.02 Å². The van der Waals surface area contributed by atoms with E-state index in [0.717, 1.165) is 0 Å². The lowest BCUT2D eigenvalue weighted by Crippen LogP contribution is -2.47. The second-order valence-corrected chi connectivity index (χ2v) is 5.24. The van der Waals surface area contributed by atoms with E-state index in [1.165, 1.54) is 23.1 Å². The van der Waals surface area contributed by atoms with Gasteiger partial charge in [0.05, 0.1) is 10.6 Å². The Morgan fingerprint density at radius 2 is 2.14 bits per heavy atom. The highest BCUT2D eigenvalue weighted by Crippen LogP contribution is 2.46. The molecule has 1 aromatic rings. The van der Waals surface area contributed by atoms with Crippen molar-refractivity contribution in [2.75, 3.05) is 18.0 Å². The highest BCUT2D eigenvalue weighted by molar-refractivity contribution is 6.32. The summed E-state index contributed by atoms with van der Waals surface area (Å²) < 4.78 is 39.2. The first kappa shape index (κ1) is 15.4. The summed E-state index contributed by atoms with van der Waals surface area (Å²) in [5.74, 6) is -1.88. The van der Waals surface area contributed by atoms with Crippen molar-refractivity contribution in [3.8, 4) is 6.07 Å². The maximum absolute atomic E-state index is 13.1. The first-order chi connectivity index (χ1) is 9.71. The Bertz CT molecular complexity index is 627. The van der Waals surface area contributed by atoms with Crippen LogP contribution in [0.5, 0.6) is 0 Å². The molecule has 0 radical (unpaired) electrons. The minimum Gasteiger partial charge on any atom is -0.481 e. The number of carboxylic acids is 1. The number of aliphatic carboxylic acids is 1. The van der Waals surface area contributed by atoms with E-state index in [4.69, 9.17) is 22.0 Å². The van der Waals surface area contributed by atoms with Gasteiger partial charge < -0.3 is 10.0 Å². The van der Waals surface area contributed by atoms with Crippen LogP contribution in [0.3, 0.4) is 0 Å². The summed E-state index contributed by atoms with van der Waals surface area (Å²) in [5, 5.41) is 17.9. The van der Waals surface area contributed by atoms with Crippen LogP contribution in [0.25, 0.3) is 0 Å². The smallest absolute Gasteiger partial charge is 0.406 e. The lowest BCUT2D eigenvalue weighted by atomic mass is 9.86. The third-order valence-corrected chi connectivity index (χ3v) is 3.97. The first-order valence-corrected chi connectivity index (χ1v) is 6.34. The van der Waals surface area contributed by atoms with Gasteiger partial charge in [0.1, 0.15) is 6.07 Å². The fourth-order valence-electron chi connectivity index (χ4n) is 2.35. The number of alkyl halides is 3. The minimum atomic E-state index is -4.83. The van der Waals surface area contributed by atoms with Gasteiger partial charge in [-0.15, -0.1) is 0 Å². The molecule has 1 aliphatic rings. The van der Waals surface area contributed by atoms with E-state index >= 15 is 0 Å². The monoisotopic (exact) mass is 318 g/mol. The summed E-state index contributed by atoms with van der Waals surface area (Å²) >= 11 is 5.84. The van der Waals surface area contributed by atoms with Gasteiger partial charge in [0, 0.05) is 18.8 Å². The van der Waals surface area contributed by atoms with Crippen LogP contribution in [0.1, 0.15) is 12.0 Å². The molecule has 0 saturated carbocycles. The molecule has 1 heterocycles. The van der Waals surface area contributed by atoms with E-state index in [9.17, 15) is 18.0 Å². The van der Waals surface area contributed by atoms with E-state index in [1.807, 2.05) is 6.07 Å². The number of rotatable bonds is 2. The summed E-state index contributed by atoms with van der Waals surface area (Å²) in [5.41, 5.74) is -2.20. The Kier molecular flexibility index (Phi) is 3.76. The Hall–Kier alpha value is -1.94. The van der Waals surface area contributed by atoms with Crippen molar-refractivity contribution in [1.29, 1.82) is 5.26 Å². The van der Waals surface area contributed by atoms with Gasteiger partial charge in [0.15, 0.2) is 5.41 Å². The van der Waals surface area contributed by atoms with Gasteiger partial charge in [-0.05, 0) is 24.6 Å². The van der Waals surface area contributed by atoms with Crippen molar-refractivity contribution in [3.63, 3.8) is 0 Å². The van der Waals surface area contributed by atoms with Crippen molar-refractivity contribution in [1.82, 2.24) is 0 Å². The summed E-state index contributed by atoms with van der Waals surface area (Å²) in [4.78, 5) is 12.4. The van der Waals surface area contributed by atoms with Crippen LogP contribution in [-0.4, -0.2) is 30.3 Å². The average Bonchev–Trinajstić information content (AvgIpc) is 2.84. The van der Waals surface area contributed by atoms with E-state index in [2.05, 4.69) is 0 Å². The van der Waals surface area contributed by atoms with Crippen LogP contribution >= 0.6 is 11.6 Å². The molecular formula is C13H10ClF3N2O2. The highest BCUT2D eigenvalue weighted by Gasteiger charge is 2.63. The van der Waals surface area contributed by atoms with Gasteiger partial charge >= 0.3 is 12.1 Å². The van der Waals surface area contributed by atoms with Gasteiger partial charge in [0.2, 0.25) is 0 Å². The highest BCUT2D eigenvalue weighted by atomic mass is 35.5. The van der Waals surface area contributed by atoms with Gasteiger partial charge in [-0.25, -0.2) is 0 Å². The Labute approximate surface area is 123 Å². The maximum Gasteiger partial charge on any atom is 0.406 e. The van der Waals surface area contributed by atoms with Crippen LogP contribution in [0, 0.1) is 16.7 Å². The molecule has 0 bridgehead atoms. The Balaban J connectivity index is 2.32. The van der Waals surface area contributed by atoms with Crippen LogP contribution in [-0.2, 0) is 4.79 Å². The van der Waals surface area contributed by atoms with Crippen LogP contribution in [0.4, 0.5) is 18.9 Å². The molecule has 1 atom stereocenters. The second-order valence-electron chi connectivity index (χ2n) is 4.83. The van der Waals surface area contributed by atoms with Gasteiger partial charge in [0.25, 0.3) is 0 Å². The molecular weight excluding hydrogens is 309 g/mol. The number of nitriles is 1. The zero-order valence-electron chi connectivity index (χ0n) is 10.6. The lowest BCUT2D eigenvalue weighted by molar-refractivity contribution is -0.225. The fourth-order valence-corrected chi connectivity index (χ4v) is 2.57. The largest absolute Gasteiger partial charge is 0.481 e. The van der Waals surface area contributed by atoms with E-state index in [0.29, 0.717) is 5.69 Å². The van der Waals surface area contributed by atoms with Crippen molar-refractivity contribution >= 4 is 23.3 Å². The molecule has 1 fully saturated rings. The van der Waals surface area contributed by atoms with Crippen molar-refractivity contribution in [3.05, 3.63) is 28.8 Å². The van der Waals surface area contributed by atoms with Crippen molar-refractivity contribution in [2.45, 2.75) is 12.6 Å². The number of halogens is 4. The molecule has 8 heteroatoms. The third-order valence-electron chi connectivity index (χ3n) is 3.66. The maximum atomic E-state index is 13.1. The molecule has 1 saturated heterocycles. The standard InChI is InChI=1S/C13H10ClF3N2O2/c14-10-5-9(2-1-8(10)6-18)19-4-3-12(7-19,11(20)21)13(15,16)17/h1-2,5H,3-4,7H2,(H,20,21). The molecule has 1 aliphatic heterocycles. The topological polar surface area (TPSA) is 64.3 Å². The average molecular weight is 319 g/mol. The van der Waals surface area contributed by atoms with Crippen molar-refractivity contribution in [2.24, 2.45) is 5.41 Å². The van der Waals surface area contributed by atoms with Gasteiger partial charge in [-0.1, -0.05) is 11.6 Å². The summed E-state index contributed by atoms with van der Waals surface area (Å²) in [7, 11) is 0. The van der Waals surface area contributed by atoms with E-state index in [-0.39, 0.29) is 17.1 Å². The molecule has 1 unspecified atom stereocenters. The molecule has 2 rings (SSSR count).